The van der Waals surface area contributed by atoms with Crippen LogP contribution in [0.3, 0.4) is 0 Å². The number of methoxy groups -OCH3 is 1. The van der Waals surface area contributed by atoms with E-state index >= 15 is 0 Å². The summed E-state index contributed by atoms with van der Waals surface area (Å²) in [6.45, 7) is 2.75. The molecule has 0 aliphatic carbocycles. The largest absolute Gasteiger partial charge is 0.497 e. The summed E-state index contributed by atoms with van der Waals surface area (Å²) in [6, 6.07) is 11.3. The topological polar surface area (TPSA) is 40.5 Å². The van der Waals surface area contributed by atoms with Gasteiger partial charge in [-0.1, -0.05) is 12.1 Å². The second-order valence-corrected chi connectivity index (χ2v) is 5.01. The van der Waals surface area contributed by atoms with Crippen LogP contribution < -0.4 is 4.74 Å². The number of halogens is 1. The van der Waals surface area contributed by atoms with Crippen LogP contribution in [0.25, 0.3) is 0 Å². The Morgan fingerprint density at radius 2 is 1.90 bits per heavy atom. The van der Waals surface area contributed by atoms with E-state index < -0.39 is 0 Å². The van der Waals surface area contributed by atoms with Gasteiger partial charge in [-0.25, -0.2) is 4.79 Å². The van der Waals surface area contributed by atoms with E-state index in [9.17, 15) is 4.79 Å². The minimum Gasteiger partial charge on any atom is -0.497 e. The number of carbonyl (C=O) groups excluding carboxylic acids is 1. The molecule has 1 aromatic heterocycles. The molecular formula is C15H16BrNO3. The van der Waals surface area contributed by atoms with Crippen molar-refractivity contribution >= 4 is 21.9 Å². The fraction of sp³-hybridized carbons (Fsp3) is 0.267. The third-order valence-corrected chi connectivity index (χ3v) is 3.60. The van der Waals surface area contributed by atoms with Gasteiger partial charge in [-0.3, -0.25) is 0 Å². The lowest BCUT2D eigenvalue weighted by atomic mass is 10.2. The van der Waals surface area contributed by atoms with Gasteiger partial charge in [-0.2, -0.15) is 0 Å². The molecule has 1 heterocycles. The van der Waals surface area contributed by atoms with Crippen LogP contribution in [0.2, 0.25) is 0 Å². The van der Waals surface area contributed by atoms with E-state index in [1.54, 1.807) is 20.1 Å². The predicted molar refractivity (Wildman–Crippen MR) is 80.2 cm³/mol. The fourth-order valence-corrected chi connectivity index (χ4v) is 2.35. The normalized spacial score (nSPS) is 10.3. The molecule has 0 atom stereocenters. The molecule has 2 aromatic rings. The summed E-state index contributed by atoms with van der Waals surface area (Å²) in [5.41, 5.74) is 1.61. The molecule has 2 rings (SSSR count). The Morgan fingerprint density at radius 3 is 2.50 bits per heavy atom. The molecule has 4 nitrogen and oxygen atoms in total. The van der Waals surface area contributed by atoms with Gasteiger partial charge in [-0.15, -0.1) is 0 Å². The molecular weight excluding hydrogens is 322 g/mol. The van der Waals surface area contributed by atoms with Crippen LogP contribution in [0.5, 0.6) is 5.75 Å². The molecule has 0 amide bonds. The summed E-state index contributed by atoms with van der Waals surface area (Å²) >= 11 is 3.45. The van der Waals surface area contributed by atoms with Crippen molar-refractivity contribution in [1.82, 2.24) is 4.57 Å². The predicted octanol–water partition coefficient (Wildman–Crippen LogP) is 3.48. The molecule has 0 saturated carbocycles. The van der Waals surface area contributed by atoms with Gasteiger partial charge >= 0.3 is 5.97 Å². The van der Waals surface area contributed by atoms with Crippen LogP contribution in [-0.2, 0) is 11.3 Å². The number of nitrogens with zero attached hydrogens (tertiary/aromatic N) is 1. The van der Waals surface area contributed by atoms with E-state index in [1.807, 2.05) is 34.9 Å². The second kappa shape index (κ2) is 6.61. The van der Waals surface area contributed by atoms with E-state index in [4.69, 9.17) is 9.47 Å². The number of ether oxygens (including phenoxy) is 2. The summed E-state index contributed by atoms with van der Waals surface area (Å²) < 4.78 is 12.9. The Kier molecular flexibility index (Phi) is 4.84. The Morgan fingerprint density at radius 1 is 1.20 bits per heavy atom. The molecule has 20 heavy (non-hydrogen) atoms. The molecule has 0 aliphatic rings. The first-order valence-electron chi connectivity index (χ1n) is 6.30. The van der Waals surface area contributed by atoms with Crippen molar-refractivity contribution in [3.63, 3.8) is 0 Å². The highest BCUT2D eigenvalue weighted by atomic mass is 79.9. The van der Waals surface area contributed by atoms with Crippen molar-refractivity contribution in [3.8, 4) is 5.75 Å². The van der Waals surface area contributed by atoms with Crippen LogP contribution >= 0.6 is 15.9 Å². The molecule has 5 heteroatoms. The first-order valence-corrected chi connectivity index (χ1v) is 7.10. The number of esters is 1. The molecule has 0 fully saturated rings. The van der Waals surface area contributed by atoms with Gasteiger partial charge in [0.25, 0.3) is 0 Å². The maximum Gasteiger partial charge on any atom is 0.354 e. The number of benzene rings is 1. The Labute approximate surface area is 126 Å². The van der Waals surface area contributed by atoms with E-state index in [2.05, 4.69) is 15.9 Å². The van der Waals surface area contributed by atoms with Crippen molar-refractivity contribution in [3.05, 3.63) is 52.3 Å². The number of hydrogen-bond donors (Lipinski definition) is 0. The molecule has 0 N–H and O–H groups in total. The van der Waals surface area contributed by atoms with Crippen molar-refractivity contribution in [2.24, 2.45) is 0 Å². The Hall–Kier alpha value is -1.75. The number of aromatic nitrogens is 1. The van der Waals surface area contributed by atoms with Gasteiger partial charge in [0.05, 0.1) is 18.3 Å². The highest BCUT2D eigenvalue weighted by Crippen LogP contribution is 2.20. The lowest BCUT2D eigenvalue weighted by molar-refractivity contribution is 0.0514. The van der Waals surface area contributed by atoms with Gasteiger partial charge < -0.3 is 14.0 Å². The quantitative estimate of drug-likeness (QED) is 0.784. The number of carbonyl (C=O) groups is 1. The highest BCUT2D eigenvalue weighted by Gasteiger charge is 2.15. The van der Waals surface area contributed by atoms with Crippen molar-refractivity contribution in [2.45, 2.75) is 13.5 Å². The van der Waals surface area contributed by atoms with Gasteiger partial charge in [0.1, 0.15) is 11.4 Å². The Balaban J connectivity index is 2.23. The van der Waals surface area contributed by atoms with Gasteiger partial charge in [0.15, 0.2) is 0 Å². The zero-order valence-electron chi connectivity index (χ0n) is 11.4. The lowest BCUT2D eigenvalue weighted by Gasteiger charge is -2.11. The maximum absolute atomic E-state index is 11.9. The van der Waals surface area contributed by atoms with Crippen molar-refractivity contribution in [1.29, 1.82) is 0 Å². The van der Waals surface area contributed by atoms with Crippen molar-refractivity contribution < 1.29 is 14.3 Å². The first-order chi connectivity index (χ1) is 9.65. The minimum absolute atomic E-state index is 0.313. The van der Waals surface area contributed by atoms with E-state index in [0.717, 1.165) is 15.9 Å². The van der Waals surface area contributed by atoms with Gasteiger partial charge in [-0.05, 0) is 52.7 Å². The third kappa shape index (κ3) is 3.22. The van der Waals surface area contributed by atoms with E-state index in [1.165, 1.54) is 0 Å². The average molecular weight is 338 g/mol. The summed E-state index contributed by atoms with van der Waals surface area (Å²) in [5.74, 6) is 0.498. The van der Waals surface area contributed by atoms with Crippen molar-refractivity contribution in [2.75, 3.05) is 13.7 Å². The second-order valence-electron chi connectivity index (χ2n) is 4.20. The summed E-state index contributed by atoms with van der Waals surface area (Å²) in [6.07, 6.45) is 0. The Bertz CT molecular complexity index is 590. The van der Waals surface area contributed by atoms with Crippen LogP contribution in [0.15, 0.2) is 41.0 Å². The van der Waals surface area contributed by atoms with Crippen LogP contribution in [0, 0.1) is 0 Å². The molecule has 0 spiro atoms. The summed E-state index contributed by atoms with van der Waals surface area (Å²) in [4.78, 5) is 11.9. The standard InChI is InChI=1S/C15H16BrNO3/c1-3-20-15(18)13-8-9-14(16)17(13)10-11-4-6-12(19-2)7-5-11/h4-9H,3,10H2,1-2H3. The third-order valence-electron chi connectivity index (χ3n) is 2.91. The van der Waals surface area contributed by atoms with Crippen LogP contribution in [0.4, 0.5) is 0 Å². The minimum atomic E-state index is -0.313. The van der Waals surface area contributed by atoms with Gasteiger partial charge in [0.2, 0.25) is 0 Å². The lowest BCUT2D eigenvalue weighted by Crippen LogP contribution is -2.13. The zero-order chi connectivity index (χ0) is 14.5. The molecule has 0 radical (unpaired) electrons. The molecule has 0 unspecified atom stereocenters. The summed E-state index contributed by atoms with van der Waals surface area (Å²) in [7, 11) is 1.64. The summed E-state index contributed by atoms with van der Waals surface area (Å²) in [5, 5.41) is 0. The number of rotatable bonds is 5. The average Bonchev–Trinajstić information content (AvgIpc) is 2.81. The van der Waals surface area contributed by atoms with E-state index in [0.29, 0.717) is 18.8 Å². The fourth-order valence-electron chi connectivity index (χ4n) is 1.90. The molecule has 0 aliphatic heterocycles. The SMILES string of the molecule is CCOC(=O)c1ccc(Br)n1Cc1ccc(OC)cc1. The first kappa shape index (κ1) is 14.7. The smallest absolute Gasteiger partial charge is 0.354 e. The van der Waals surface area contributed by atoms with Gasteiger partial charge in [0, 0.05) is 6.54 Å². The molecule has 1 aromatic carbocycles. The highest BCUT2D eigenvalue weighted by molar-refractivity contribution is 9.10. The van der Waals surface area contributed by atoms with Crippen LogP contribution in [0.1, 0.15) is 23.0 Å². The molecule has 106 valence electrons. The number of hydrogen-bond acceptors (Lipinski definition) is 3. The maximum atomic E-state index is 11.9. The zero-order valence-corrected chi connectivity index (χ0v) is 13.0. The van der Waals surface area contributed by atoms with E-state index in [-0.39, 0.29) is 5.97 Å². The molecule has 0 saturated heterocycles. The monoisotopic (exact) mass is 337 g/mol. The van der Waals surface area contributed by atoms with Crippen LogP contribution in [-0.4, -0.2) is 24.3 Å². The molecule has 0 bridgehead atoms.